The Morgan fingerprint density at radius 3 is 2.67 bits per heavy atom. The van der Waals surface area contributed by atoms with E-state index < -0.39 is 0 Å². The van der Waals surface area contributed by atoms with E-state index in [9.17, 15) is 0 Å². The summed E-state index contributed by atoms with van der Waals surface area (Å²) >= 11 is 0. The van der Waals surface area contributed by atoms with Crippen molar-refractivity contribution in [1.82, 2.24) is 0 Å². The van der Waals surface area contributed by atoms with Crippen molar-refractivity contribution < 1.29 is 0 Å². The van der Waals surface area contributed by atoms with Gasteiger partial charge in [-0.3, -0.25) is 0 Å². The molecular weight excluding hydrogens is 186 g/mol. The van der Waals surface area contributed by atoms with Crippen LogP contribution in [0.25, 0.3) is 16.5 Å². The molecule has 0 N–H and O–H groups in total. The summed E-state index contributed by atoms with van der Waals surface area (Å²) in [6.07, 6.45) is 6.56. The first-order valence-electron chi connectivity index (χ1n) is 5.13. The third-order valence-corrected chi connectivity index (χ3v) is 2.06. The van der Waals surface area contributed by atoms with E-state index in [-0.39, 0.29) is 0 Å². The highest BCUT2D eigenvalue weighted by molar-refractivity contribution is 5.49. The molecule has 15 heavy (non-hydrogen) atoms. The standard InChI is InChI=1S/C12H15N3/c1-2-3-4-5-11-6-8-12(9-7-11)10-14-15-13/h4-9H,2-3,10H2,1H3/b5-4+. The Hall–Kier alpha value is -1.73. The second kappa shape index (κ2) is 6.68. The number of nitrogens with zero attached hydrogens (tertiary/aromatic N) is 3. The molecule has 0 aliphatic heterocycles. The largest absolute Gasteiger partial charge is 0.0893 e. The predicted octanol–water partition coefficient (Wildman–Crippen LogP) is 4.31. The third-order valence-electron chi connectivity index (χ3n) is 2.06. The minimum absolute atomic E-state index is 0.426. The number of azide groups is 1. The molecule has 0 amide bonds. The fourth-order valence-electron chi connectivity index (χ4n) is 1.23. The number of unbranched alkanes of at least 4 members (excludes halogenated alkanes) is 1. The lowest BCUT2D eigenvalue weighted by molar-refractivity contribution is 0.962. The summed E-state index contributed by atoms with van der Waals surface area (Å²) < 4.78 is 0. The summed E-state index contributed by atoms with van der Waals surface area (Å²) in [7, 11) is 0. The maximum absolute atomic E-state index is 8.17. The van der Waals surface area contributed by atoms with Gasteiger partial charge in [-0.1, -0.05) is 54.9 Å². The summed E-state index contributed by atoms with van der Waals surface area (Å²) in [6.45, 7) is 2.59. The third kappa shape index (κ3) is 4.34. The lowest BCUT2D eigenvalue weighted by atomic mass is 10.1. The second-order valence-electron chi connectivity index (χ2n) is 3.32. The molecule has 1 aromatic rings. The van der Waals surface area contributed by atoms with E-state index >= 15 is 0 Å². The van der Waals surface area contributed by atoms with E-state index in [1.807, 2.05) is 24.3 Å². The number of hydrogen-bond donors (Lipinski definition) is 0. The van der Waals surface area contributed by atoms with Gasteiger partial charge in [-0.15, -0.1) is 0 Å². The summed E-state index contributed by atoms with van der Waals surface area (Å²) in [5.74, 6) is 0. The molecule has 0 saturated carbocycles. The van der Waals surface area contributed by atoms with Gasteiger partial charge in [0.15, 0.2) is 0 Å². The van der Waals surface area contributed by atoms with Gasteiger partial charge < -0.3 is 0 Å². The SMILES string of the molecule is CCC/C=C/c1ccc(CN=[N+]=[N-])cc1. The lowest BCUT2D eigenvalue weighted by Crippen LogP contribution is -1.80. The first-order valence-corrected chi connectivity index (χ1v) is 5.13. The molecule has 0 aliphatic rings. The van der Waals surface area contributed by atoms with E-state index in [1.54, 1.807) is 0 Å². The molecule has 3 heteroatoms. The van der Waals surface area contributed by atoms with E-state index in [1.165, 1.54) is 12.0 Å². The molecule has 0 aliphatic carbocycles. The Labute approximate surface area is 90.1 Å². The van der Waals surface area contributed by atoms with Crippen LogP contribution in [0.5, 0.6) is 0 Å². The molecule has 1 aromatic carbocycles. The Bertz CT molecular complexity index is 359. The molecule has 0 spiro atoms. The summed E-state index contributed by atoms with van der Waals surface area (Å²) in [5.41, 5.74) is 10.4. The molecule has 0 heterocycles. The van der Waals surface area contributed by atoms with Gasteiger partial charge in [0.25, 0.3) is 0 Å². The zero-order chi connectivity index (χ0) is 10.9. The van der Waals surface area contributed by atoms with Gasteiger partial charge in [-0.25, -0.2) is 0 Å². The average molecular weight is 201 g/mol. The van der Waals surface area contributed by atoms with Crippen molar-refractivity contribution in [2.24, 2.45) is 5.11 Å². The minimum atomic E-state index is 0.426. The smallest absolute Gasteiger partial charge is 0.0510 e. The van der Waals surface area contributed by atoms with Gasteiger partial charge in [0.1, 0.15) is 0 Å². The zero-order valence-electron chi connectivity index (χ0n) is 8.93. The van der Waals surface area contributed by atoms with Gasteiger partial charge in [0.05, 0.1) is 6.54 Å². The second-order valence-corrected chi connectivity index (χ2v) is 3.32. The van der Waals surface area contributed by atoms with Crippen molar-refractivity contribution in [1.29, 1.82) is 0 Å². The maximum Gasteiger partial charge on any atom is 0.0510 e. The van der Waals surface area contributed by atoms with Crippen molar-refractivity contribution in [3.05, 3.63) is 51.9 Å². The molecule has 0 saturated heterocycles. The first-order chi connectivity index (χ1) is 7.36. The maximum atomic E-state index is 8.17. The molecule has 0 aromatic heterocycles. The van der Waals surface area contributed by atoms with Gasteiger partial charge in [0.2, 0.25) is 0 Å². The van der Waals surface area contributed by atoms with Crippen LogP contribution in [-0.2, 0) is 6.54 Å². The van der Waals surface area contributed by atoms with Crippen LogP contribution >= 0.6 is 0 Å². The number of benzene rings is 1. The summed E-state index contributed by atoms with van der Waals surface area (Å²) in [6, 6.07) is 8.05. The van der Waals surface area contributed by atoms with Crippen molar-refractivity contribution in [3.63, 3.8) is 0 Å². The van der Waals surface area contributed by atoms with Crippen LogP contribution in [0.3, 0.4) is 0 Å². The van der Waals surface area contributed by atoms with Crippen LogP contribution < -0.4 is 0 Å². The number of allylic oxidation sites excluding steroid dienone is 1. The predicted molar refractivity (Wildman–Crippen MR) is 63.2 cm³/mol. The molecule has 0 unspecified atom stereocenters. The summed E-state index contributed by atoms with van der Waals surface area (Å²) in [5, 5.41) is 3.51. The molecule has 0 fully saturated rings. The zero-order valence-corrected chi connectivity index (χ0v) is 8.93. The van der Waals surface area contributed by atoms with Gasteiger partial charge in [0, 0.05) is 4.91 Å². The van der Waals surface area contributed by atoms with E-state index in [4.69, 9.17) is 5.53 Å². The highest BCUT2D eigenvalue weighted by Gasteiger charge is 1.90. The quantitative estimate of drug-likeness (QED) is 0.387. The number of rotatable bonds is 5. The highest BCUT2D eigenvalue weighted by Crippen LogP contribution is 2.08. The van der Waals surface area contributed by atoms with Crippen LogP contribution in [0, 0.1) is 0 Å². The van der Waals surface area contributed by atoms with Crippen LogP contribution in [0.1, 0.15) is 30.9 Å². The topological polar surface area (TPSA) is 48.8 Å². The normalized spacial score (nSPS) is 10.2. The van der Waals surface area contributed by atoms with E-state index in [0.717, 1.165) is 12.0 Å². The molecule has 0 radical (unpaired) electrons. The van der Waals surface area contributed by atoms with Crippen molar-refractivity contribution in [2.75, 3.05) is 0 Å². The monoisotopic (exact) mass is 201 g/mol. The Kier molecular flexibility index (Phi) is 5.06. The van der Waals surface area contributed by atoms with Gasteiger partial charge in [-0.05, 0) is 23.1 Å². The highest BCUT2D eigenvalue weighted by atomic mass is 15.1. The van der Waals surface area contributed by atoms with E-state index in [0.29, 0.717) is 6.54 Å². The molecule has 3 nitrogen and oxygen atoms in total. The van der Waals surface area contributed by atoms with Crippen molar-refractivity contribution in [3.8, 4) is 0 Å². The Morgan fingerprint density at radius 2 is 2.07 bits per heavy atom. The Morgan fingerprint density at radius 1 is 1.33 bits per heavy atom. The fourth-order valence-corrected chi connectivity index (χ4v) is 1.23. The molecular formula is C12H15N3. The van der Waals surface area contributed by atoms with Crippen LogP contribution in [0.15, 0.2) is 35.5 Å². The van der Waals surface area contributed by atoms with Crippen molar-refractivity contribution in [2.45, 2.75) is 26.3 Å². The molecule has 1 rings (SSSR count). The molecule has 0 bridgehead atoms. The van der Waals surface area contributed by atoms with Gasteiger partial charge >= 0.3 is 0 Å². The lowest BCUT2D eigenvalue weighted by Gasteiger charge is -1.96. The van der Waals surface area contributed by atoms with Crippen LogP contribution in [0.4, 0.5) is 0 Å². The number of hydrogen-bond acceptors (Lipinski definition) is 1. The summed E-state index contributed by atoms with van der Waals surface area (Å²) in [4.78, 5) is 2.73. The fraction of sp³-hybridized carbons (Fsp3) is 0.333. The van der Waals surface area contributed by atoms with Crippen molar-refractivity contribution >= 4 is 6.08 Å². The average Bonchev–Trinajstić information content (AvgIpc) is 2.28. The minimum Gasteiger partial charge on any atom is -0.0893 e. The van der Waals surface area contributed by atoms with E-state index in [2.05, 4.69) is 29.1 Å². The van der Waals surface area contributed by atoms with Crippen LogP contribution in [-0.4, -0.2) is 0 Å². The Balaban J connectivity index is 2.59. The van der Waals surface area contributed by atoms with Gasteiger partial charge in [-0.2, -0.15) is 0 Å². The molecule has 78 valence electrons. The molecule has 0 atom stereocenters. The van der Waals surface area contributed by atoms with Crippen LogP contribution in [0.2, 0.25) is 0 Å². The first kappa shape index (κ1) is 11.3.